The lowest BCUT2D eigenvalue weighted by atomic mass is 9.84. The second-order valence-corrected chi connectivity index (χ2v) is 8.38. The monoisotopic (exact) mass is 534 g/mol. The van der Waals surface area contributed by atoms with Gasteiger partial charge in [-0.1, -0.05) is 12.1 Å². The number of nitrogens with one attached hydrogen (secondary N) is 1. The average Bonchev–Trinajstić information content (AvgIpc) is 3.47. The van der Waals surface area contributed by atoms with Crippen molar-refractivity contribution in [3.8, 4) is 17.2 Å². The van der Waals surface area contributed by atoms with Crippen molar-refractivity contribution in [2.45, 2.75) is 37.8 Å². The lowest BCUT2D eigenvalue weighted by Gasteiger charge is -2.24. The lowest BCUT2D eigenvalue weighted by Crippen LogP contribution is -2.23. The molecule has 0 aliphatic heterocycles. The molecule has 196 valence electrons. The number of hydrogen-bond donors (Lipinski definition) is 1. The van der Waals surface area contributed by atoms with Crippen molar-refractivity contribution in [1.29, 1.82) is 0 Å². The molecule has 0 spiro atoms. The Hall–Kier alpha value is -3.91. The van der Waals surface area contributed by atoms with Crippen molar-refractivity contribution >= 4 is 0 Å². The van der Waals surface area contributed by atoms with Gasteiger partial charge in [0.25, 0.3) is 0 Å². The fourth-order valence-electron chi connectivity index (χ4n) is 3.56. The van der Waals surface area contributed by atoms with E-state index >= 15 is 0 Å². The first-order valence-electron chi connectivity index (χ1n) is 10.3. The minimum atomic E-state index is -5.38. The molecule has 0 bridgehead atoms. The van der Waals surface area contributed by atoms with Crippen LogP contribution in [0.25, 0.3) is 17.2 Å². The van der Waals surface area contributed by atoms with Crippen LogP contribution in [0.1, 0.15) is 42.2 Å². The molecule has 0 aromatic carbocycles. The van der Waals surface area contributed by atoms with E-state index in [1.165, 1.54) is 35.4 Å². The van der Waals surface area contributed by atoms with Crippen LogP contribution in [0.4, 0.5) is 39.5 Å². The molecule has 4 aromatic rings. The van der Waals surface area contributed by atoms with E-state index in [0.717, 1.165) is 23.0 Å². The Morgan fingerprint density at radius 2 is 1.32 bits per heavy atom. The smallest absolute Gasteiger partial charge is 0.272 e. The van der Waals surface area contributed by atoms with Gasteiger partial charge in [0.15, 0.2) is 17.2 Å². The third kappa shape index (κ3) is 5.02. The number of alkyl halides is 9. The van der Waals surface area contributed by atoms with Crippen LogP contribution in [-0.2, 0) is 23.9 Å². The lowest BCUT2D eigenvalue weighted by molar-refractivity contribution is -0.163. The molecule has 0 amide bonds. The molecule has 6 nitrogen and oxygen atoms in total. The topological polar surface area (TPSA) is 72.3 Å². The second-order valence-electron chi connectivity index (χ2n) is 8.38. The van der Waals surface area contributed by atoms with Gasteiger partial charge in [0, 0.05) is 11.6 Å². The Morgan fingerprint density at radius 1 is 0.703 bits per heavy atom. The van der Waals surface area contributed by atoms with E-state index in [2.05, 4.69) is 20.2 Å². The van der Waals surface area contributed by atoms with E-state index in [1.54, 1.807) is 13.8 Å². The largest absolute Gasteiger partial charge is 0.435 e. The highest BCUT2D eigenvalue weighted by Gasteiger charge is 2.48. The summed E-state index contributed by atoms with van der Waals surface area (Å²) in [6.45, 7) is 3.18. The molecular weight excluding hydrogens is 519 g/mol. The second kappa shape index (κ2) is 8.59. The van der Waals surface area contributed by atoms with E-state index in [1.807, 2.05) is 0 Å². The first kappa shape index (κ1) is 26.2. The summed E-state index contributed by atoms with van der Waals surface area (Å²) in [4.78, 5) is 8.46. The molecule has 0 fully saturated rings. The van der Waals surface area contributed by atoms with Crippen LogP contribution in [0.2, 0.25) is 0 Å². The Kier molecular flexibility index (Phi) is 6.07. The van der Waals surface area contributed by atoms with Gasteiger partial charge in [-0.3, -0.25) is 10.1 Å². The van der Waals surface area contributed by atoms with Crippen molar-refractivity contribution < 1.29 is 39.5 Å². The van der Waals surface area contributed by atoms with Gasteiger partial charge in [0.1, 0.15) is 11.3 Å². The highest BCUT2D eigenvalue weighted by atomic mass is 19.4. The van der Waals surface area contributed by atoms with Crippen LogP contribution in [0, 0.1) is 0 Å². The summed E-state index contributed by atoms with van der Waals surface area (Å²) >= 11 is 0. The number of hydrogen-bond acceptors (Lipinski definition) is 4. The molecule has 0 aliphatic carbocycles. The zero-order valence-electron chi connectivity index (χ0n) is 18.8. The van der Waals surface area contributed by atoms with Gasteiger partial charge in [-0.25, -0.2) is 9.67 Å². The molecule has 37 heavy (non-hydrogen) atoms. The standard InChI is InChI=1S/C22H15F9N6/c1-19(2,13-7-4-8-15(33-13)37-10-9-14(36-37)20(23,24)25)12-6-3-5-11(32-12)17-16(21(26,27)28)18(35-34-17)22(29,30)31/h3-10H,1-2H3,(H,34,35). The van der Waals surface area contributed by atoms with Crippen LogP contribution in [0.5, 0.6) is 0 Å². The third-order valence-electron chi connectivity index (χ3n) is 5.45. The van der Waals surface area contributed by atoms with E-state index in [9.17, 15) is 39.5 Å². The van der Waals surface area contributed by atoms with Gasteiger partial charge in [0.2, 0.25) is 0 Å². The minimum absolute atomic E-state index is 0.0266. The SMILES string of the molecule is CC(C)(c1cccc(-c2n[nH]c(C(F)(F)F)c2C(F)(F)F)n1)c1cccc(-n2ccc(C(F)(F)F)n2)n1. The van der Waals surface area contributed by atoms with E-state index < -0.39 is 52.3 Å². The van der Waals surface area contributed by atoms with Gasteiger partial charge in [0.05, 0.1) is 17.1 Å². The summed E-state index contributed by atoms with van der Waals surface area (Å²) in [7, 11) is 0. The molecule has 15 heteroatoms. The van der Waals surface area contributed by atoms with Gasteiger partial charge in [-0.15, -0.1) is 0 Å². The zero-order chi connectivity index (χ0) is 27.4. The summed E-state index contributed by atoms with van der Waals surface area (Å²) in [5.74, 6) is 0.0266. The van der Waals surface area contributed by atoms with E-state index in [0.29, 0.717) is 0 Å². The Labute approximate surface area is 202 Å². The van der Waals surface area contributed by atoms with E-state index in [4.69, 9.17) is 0 Å². The summed E-state index contributed by atoms with van der Waals surface area (Å²) in [5, 5.41) is 8.11. The minimum Gasteiger partial charge on any atom is -0.272 e. The predicted octanol–water partition coefficient (Wildman–Crippen LogP) is 6.43. The summed E-state index contributed by atoms with van der Waals surface area (Å²) in [6.07, 6.45) is -14.3. The molecular formula is C22H15F9N6. The van der Waals surface area contributed by atoms with Crippen molar-refractivity contribution in [2.24, 2.45) is 0 Å². The van der Waals surface area contributed by atoms with Crippen LogP contribution in [0.3, 0.4) is 0 Å². The number of pyridine rings is 2. The zero-order valence-corrected chi connectivity index (χ0v) is 18.8. The van der Waals surface area contributed by atoms with Crippen LogP contribution in [0.15, 0.2) is 48.7 Å². The molecule has 4 heterocycles. The van der Waals surface area contributed by atoms with Crippen molar-refractivity contribution in [1.82, 2.24) is 29.9 Å². The molecule has 0 saturated heterocycles. The number of halogens is 9. The first-order valence-corrected chi connectivity index (χ1v) is 10.3. The highest BCUT2D eigenvalue weighted by Crippen LogP contribution is 2.44. The van der Waals surface area contributed by atoms with E-state index in [-0.39, 0.29) is 17.2 Å². The van der Waals surface area contributed by atoms with Gasteiger partial charge >= 0.3 is 18.5 Å². The molecule has 0 atom stereocenters. The Morgan fingerprint density at radius 3 is 1.89 bits per heavy atom. The fraction of sp³-hybridized carbons (Fsp3) is 0.273. The van der Waals surface area contributed by atoms with Crippen molar-refractivity contribution in [3.05, 3.63) is 77.0 Å². The van der Waals surface area contributed by atoms with Crippen molar-refractivity contribution in [2.75, 3.05) is 0 Å². The maximum absolute atomic E-state index is 13.6. The molecule has 1 N–H and O–H groups in total. The first-order chi connectivity index (χ1) is 17.0. The molecule has 4 rings (SSSR count). The number of aromatic nitrogens is 6. The molecule has 0 radical (unpaired) electrons. The van der Waals surface area contributed by atoms with Crippen LogP contribution >= 0.6 is 0 Å². The molecule has 4 aromatic heterocycles. The average molecular weight is 534 g/mol. The Balaban J connectivity index is 1.76. The Bertz CT molecular complexity index is 1430. The molecule has 0 aliphatic rings. The van der Waals surface area contributed by atoms with Crippen LogP contribution in [-0.4, -0.2) is 29.9 Å². The van der Waals surface area contributed by atoms with Gasteiger partial charge < -0.3 is 0 Å². The molecule has 0 saturated carbocycles. The fourth-order valence-corrected chi connectivity index (χ4v) is 3.56. The maximum Gasteiger partial charge on any atom is 0.435 e. The van der Waals surface area contributed by atoms with Crippen LogP contribution < -0.4 is 0 Å². The summed E-state index contributed by atoms with van der Waals surface area (Å²) in [6, 6.07) is 8.98. The molecule has 0 unspecified atom stereocenters. The van der Waals surface area contributed by atoms with Crippen molar-refractivity contribution in [3.63, 3.8) is 0 Å². The maximum atomic E-state index is 13.6. The third-order valence-corrected chi connectivity index (χ3v) is 5.45. The van der Waals surface area contributed by atoms with Gasteiger partial charge in [-0.2, -0.15) is 49.7 Å². The van der Waals surface area contributed by atoms with Gasteiger partial charge in [-0.05, 0) is 44.2 Å². The summed E-state index contributed by atoms with van der Waals surface area (Å²) in [5.41, 5.74) is -7.45. The number of aromatic amines is 1. The normalized spacial score (nSPS) is 13.3. The predicted molar refractivity (Wildman–Crippen MR) is 110 cm³/mol. The number of rotatable bonds is 4. The number of nitrogens with zero attached hydrogens (tertiary/aromatic N) is 5. The summed E-state index contributed by atoms with van der Waals surface area (Å²) < 4.78 is 120. The quantitative estimate of drug-likeness (QED) is 0.306. The highest BCUT2D eigenvalue weighted by molar-refractivity contribution is 5.62. The number of H-pyrrole nitrogens is 1.